The van der Waals surface area contributed by atoms with E-state index >= 15 is 0 Å². The summed E-state index contributed by atoms with van der Waals surface area (Å²) in [6.45, 7) is 0. The minimum Gasteiger partial charge on any atom is -0.326 e. The van der Waals surface area contributed by atoms with Gasteiger partial charge in [0.05, 0.1) is 11.8 Å². The maximum atomic E-state index is 13.5. The summed E-state index contributed by atoms with van der Waals surface area (Å²) in [5.41, 5.74) is 7.74. The van der Waals surface area contributed by atoms with Crippen LogP contribution in [0.25, 0.3) is 11.1 Å². The van der Waals surface area contributed by atoms with E-state index in [1.807, 2.05) is 121 Å². The lowest BCUT2D eigenvalue weighted by Gasteiger charge is -2.19. The largest absolute Gasteiger partial charge is 0.326 e. The van der Waals surface area contributed by atoms with Crippen molar-refractivity contribution in [2.75, 3.05) is 10.6 Å². The molecule has 234 valence electrons. The summed E-state index contributed by atoms with van der Waals surface area (Å²) >= 11 is 0. The van der Waals surface area contributed by atoms with E-state index < -0.39 is 0 Å². The van der Waals surface area contributed by atoms with Crippen LogP contribution in [0.3, 0.4) is 0 Å². The van der Waals surface area contributed by atoms with Crippen molar-refractivity contribution in [3.8, 4) is 11.1 Å². The number of benzene rings is 6. The Balaban J connectivity index is 0.927. The van der Waals surface area contributed by atoms with Gasteiger partial charge in [0.15, 0.2) is 0 Å². The number of amides is 2. The Morgan fingerprint density at radius 3 is 0.938 bits per heavy atom. The van der Waals surface area contributed by atoms with E-state index in [9.17, 15) is 9.59 Å². The van der Waals surface area contributed by atoms with Crippen LogP contribution in [0, 0.1) is 11.8 Å². The van der Waals surface area contributed by atoms with Crippen LogP contribution in [0.2, 0.25) is 0 Å². The summed E-state index contributed by atoms with van der Waals surface area (Å²) in [6, 6.07) is 57.3. The van der Waals surface area contributed by atoms with Crippen molar-refractivity contribution in [1.82, 2.24) is 0 Å². The Bertz CT molecular complexity index is 1810. The smallest absolute Gasteiger partial charge is 0.228 e. The normalized spacial score (nSPS) is 18.3. The van der Waals surface area contributed by atoms with Gasteiger partial charge < -0.3 is 10.6 Å². The second-order valence-electron chi connectivity index (χ2n) is 13.1. The Hall–Kier alpha value is -5.74. The molecule has 0 radical (unpaired) electrons. The molecule has 4 nitrogen and oxygen atoms in total. The van der Waals surface area contributed by atoms with Crippen LogP contribution in [0.1, 0.15) is 35.1 Å². The predicted octanol–water partition coefficient (Wildman–Crippen LogP) is 9.24. The number of carbonyl (C=O) groups excluding carboxylic acids is 2. The molecule has 0 heterocycles. The molecule has 2 atom stereocenters. The van der Waals surface area contributed by atoms with Gasteiger partial charge >= 0.3 is 0 Å². The summed E-state index contributed by atoms with van der Waals surface area (Å²) in [5.74, 6) is -0.193. The Kier molecular flexibility index (Phi) is 7.49. The number of hydrogen-bond donors (Lipinski definition) is 2. The highest BCUT2D eigenvalue weighted by molar-refractivity contribution is 5.98. The monoisotopic (exact) mass is 624 g/mol. The van der Waals surface area contributed by atoms with Gasteiger partial charge in [0.25, 0.3) is 0 Å². The van der Waals surface area contributed by atoms with Gasteiger partial charge in [-0.3, -0.25) is 9.59 Å². The van der Waals surface area contributed by atoms with E-state index in [1.54, 1.807) is 0 Å². The molecule has 2 aliphatic rings. The van der Waals surface area contributed by atoms with Gasteiger partial charge in [0, 0.05) is 22.2 Å². The van der Waals surface area contributed by atoms with Crippen molar-refractivity contribution in [2.45, 2.75) is 23.7 Å². The van der Waals surface area contributed by atoms with Crippen molar-refractivity contribution in [1.29, 1.82) is 0 Å². The maximum Gasteiger partial charge on any atom is 0.228 e. The fourth-order valence-corrected chi connectivity index (χ4v) is 7.66. The minimum atomic E-state index is -0.298. The molecular formula is C44H36N2O2. The molecule has 0 bridgehead atoms. The van der Waals surface area contributed by atoms with Crippen molar-refractivity contribution in [2.24, 2.45) is 11.8 Å². The molecule has 6 aromatic carbocycles. The Labute approximate surface area is 281 Å². The van der Waals surface area contributed by atoms with Gasteiger partial charge in [-0.15, -0.1) is 0 Å². The first kappa shape index (κ1) is 29.6. The predicted molar refractivity (Wildman–Crippen MR) is 193 cm³/mol. The zero-order chi connectivity index (χ0) is 32.6. The standard InChI is InChI=1S/C44H36N2O2/c47-41(39-29-43(39,33-13-5-1-6-14-33)34-15-7-2-8-16-34)45-37-25-21-31(22-26-37)32-23-27-38(28-24-32)46-42(48)40-30-44(40,35-17-9-3-10-18-35)36-19-11-4-12-20-36/h1-28,39-40H,29-30H2,(H,45,47)(H,46,48)/t39-,40-/m1/s1. The molecule has 0 aromatic heterocycles. The quantitative estimate of drug-likeness (QED) is 0.169. The van der Waals surface area contributed by atoms with Crippen molar-refractivity contribution in [3.05, 3.63) is 192 Å². The molecule has 2 fully saturated rings. The molecule has 2 N–H and O–H groups in total. The van der Waals surface area contributed by atoms with Crippen molar-refractivity contribution < 1.29 is 9.59 Å². The maximum absolute atomic E-state index is 13.5. The first-order valence-electron chi connectivity index (χ1n) is 16.6. The summed E-state index contributed by atoms with van der Waals surface area (Å²) in [6.07, 6.45) is 1.57. The number of rotatable bonds is 9. The van der Waals surface area contributed by atoms with Crippen LogP contribution in [0.4, 0.5) is 11.4 Å². The molecule has 8 rings (SSSR count). The Morgan fingerprint density at radius 2 is 0.667 bits per heavy atom. The van der Waals surface area contributed by atoms with Crippen LogP contribution in [0.15, 0.2) is 170 Å². The Morgan fingerprint density at radius 1 is 0.396 bits per heavy atom. The van der Waals surface area contributed by atoms with E-state index in [4.69, 9.17) is 0 Å². The average Bonchev–Trinajstić information content (AvgIpc) is 4.08. The molecule has 0 spiro atoms. The van der Waals surface area contributed by atoms with Gasteiger partial charge in [-0.1, -0.05) is 146 Å². The number of anilines is 2. The van der Waals surface area contributed by atoms with E-state index in [0.717, 1.165) is 35.3 Å². The fourth-order valence-electron chi connectivity index (χ4n) is 7.66. The summed E-state index contributed by atoms with van der Waals surface area (Å²) in [4.78, 5) is 27.1. The molecule has 6 aromatic rings. The highest BCUT2D eigenvalue weighted by Gasteiger charge is 2.61. The molecule has 2 amide bonds. The van der Waals surface area contributed by atoms with Crippen molar-refractivity contribution in [3.63, 3.8) is 0 Å². The number of hydrogen-bond acceptors (Lipinski definition) is 2. The molecule has 2 aliphatic carbocycles. The second kappa shape index (κ2) is 12.1. The fraction of sp³-hybridized carbons (Fsp3) is 0.136. The van der Waals surface area contributed by atoms with Crippen LogP contribution < -0.4 is 10.6 Å². The third-order valence-corrected chi connectivity index (χ3v) is 10.3. The summed E-state index contributed by atoms with van der Waals surface area (Å²) in [5, 5.41) is 6.34. The first-order valence-corrected chi connectivity index (χ1v) is 16.6. The average molecular weight is 625 g/mol. The van der Waals surface area contributed by atoms with E-state index in [-0.39, 0.29) is 34.5 Å². The topological polar surface area (TPSA) is 58.2 Å². The highest BCUT2D eigenvalue weighted by atomic mass is 16.2. The van der Waals surface area contributed by atoms with E-state index in [1.165, 1.54) is 22.3 Å². The zero-order valence-corrected chi connectivity index (χ0v) is 26.6. The molecular weight excluding hydrogens is 588 g/mol. The van der Waals surface area contributed by atoms with Gasteiger partial charge in [0.1, 0.15) is 0 Å². The van der Waals surface area contributed by atoms with Gasteiger partial charge in [0.2, 0.25) is 11.8 Å². The molecule has 0 aliphatic heterocycles. The number of carbonyl (C=O) groups is 2. The lowest BCUT2D eigenvalue weighted by molar-refractivity contribution is -0.118. The van der Waals surface area contributed by atoms with Gasteiger partial charge in [-0.05, 0) is 70.5 Å². The highest BCUT2D eigenvalue weighted by Crippen LogP contribution is 2.60. The van der Waals surface area contributed by atoms with E-state index in [2.05, 4.69) is 59.2 Å². The number of nitrogens with one attached hydrogen (secondary N) is 2. The van der Waals surface area contributed by atoms with E-state index in [0.29, 0.717) is 0 Å². The first-order chi connectivity index (χ1) is 23.6. The molecule has 0 saturated heterocycles. The summed E-state index contributed by atoms with van der Waals surface area (Å²) < 4.78 is 0. The molecule has 0 unspecified atom stereocenters. The van der Waals surface area contributed by atoms with Crippen LogP contribution in [0.5, 0.6) is 0 Å². The van der Waals surface area contributed by atoms with Crippen LogP contribution in [-0.4, -0.2) is 11.8 Å². The summed E-state index contributed by atoms with van der Waals surface area (Å²) in [7, 11) is 0. The molecule has 2 saturated carbocycles. The SMILES string of the molecule is O=C(Nc1ccc(-c2ccc(NC(=O)[C@H]3CC3(c3ccccc3)c3ccccc3)cc2)cc1)[C@H]1CC1(c1ccccc1)c1ccccc1. The minimum absolute atomic E-state index is 0.0368. The van der Waals surface area contributed by atoms with Gasteiger partial charge in [-0.25, -0.2) is 0 Å². The lowest BCUT2D eigenvalue weighted by atomic mass is 9.85. The van der Waals surface area contributed by atoms with Crippen LogP contribution in [-0.2, 0) is 20.4 Å². The van der Waals surface area contributed by atoms with Crippen LogP contribution >= 0.6 is 0 Å². The molecule has 48 heavy (non-hydrogen) atoms. The third-order valence-electron chi connectivity index (χ3n) is 10.3. The molecule has 4 heteroatoms. The third kappa shape index (κ3) is 5.29. The van der Waals surface area contributed by atoms with Crippen molar-refractivity contribution >= 4 is 23.2 Å². The lowest BCUT2D eigenvalue weighted by Crippen LogP contribution is -2.22. The van der Waals surface area contributed by atoms with Gasteiger partial charge in [-0.2, -0.15) is 0 Å². The second-order valence-corrected chi connectivity index (χ2v) is 13.1. The zero-order valence-electron chi connectivity index (χ0n) is 26.6.